The third kappa shape index (κ3) is 11.8. The van der Waals surface area contributed by atoms with Crippen molar-refractivity contribution >= 4 is 47.3 Å². The van der Waals surface area contributed by atoms with E-state index in [0.29, 0.717) is 5.75 Å². The Labute approximate surface area is 183 Å². The molecule has 0 saturated carbocycles. The molecule has 4 amide bonds. The predicted molar refractivity (Wildman–Crippen MR) is 111 cm³/mol. The van der Waals surface area contributed by atoms with E-state index in [0.717, 1.165) is 0 Å². The first-order chi connectivity index (χ1) is 14.4. The molecule has 4 atom stereocenters. The molecular formula is C17H29N5O8S. The van der Waals surface area contributed by atoms with E-state index in [2.05, 4.69) is 10.6 Å². The first kappa shape index (κ1) is 28.1. The summed E-state index contributed by atoms with van der Waals surface area (Å²) in [4.78, 5) is 70.2. The number of carboxylic acids is 2. The second kappa shape index (κ2) is 14.2. The predicted octanol–water partition coefficient (Wildman–Crippen LogP) is -2.63. The molecular weight excluding hydrogens is 434 g/mol. The standard InChI is InChI=1S/C17H29N5O8S/c1-8(18)14(26)20-10(5-6-31-2)16(28)21-9(3-4-12(19)23)15(27)22-11(17(29)30)7-13(24)25/h8-11H,3-7,18H2,1-2H3,(H2,19,23)(H,20,26)(H,21,28)(H,22,27)(H,24,25)(H,29,30). The van der Waals surface area contributed by atoms with Crippen LogP contribution >= 0.6 is 11.8 Å². The fraction of sp³-hybridized carbons (Fsp3) is 0.647. The Bertz CT molecular complexity index is 687. The fourth-order valence-electron chi connectivity index (χ4n) is 2.28. The number of thioether (sulfide) groups is 1. The van der Waals surface area contributed by atoms with Crippen LogP contribution in [0.3, 0.4) is 0 Å². The number of nitrogens with one attached hydrogen (secondary N) is 3. The van der Waals surface area contributed by atoms with Crippen LogP contribution in [0.2, 0.25) is 0 Å². The largest absolute Gasteiger partial charge is 0.481 e. The molecule has 0 spiro atoms. The van der Waals surface area contributed by atoms with Gasteiger partial charge in [-0.25, -0.2) is 4.79 Å². The SMILES string of the molecule is CSCCC(NC(=O)C(C)N)C(=O)NC(CCC(N)=O)C(=O)NC(CC(=O)O)C(=O)O. The van der Waals surface area contributed by atoms with E-state index in [1.807, 2.05) is 5.32 Å². The molecule has 0 aromatic heterocycles. The zero-order valence-electron chi connectivity index (χ0n) is 17.3. The number of nitrogens with two attached hydrogens (primary N) is 2. The number of carboxylic acid groups (broad SMARTS) is 2. The van der Waals surface area contributed by atoms with Gasteiger partial charge >= 0.3 is 11.9 Å². The Kier molecular flexibility index (Phi) is 12.9. The van der Waals surface area contributed by atoms with Crippen LogP contribution in [-0.4, -0.2) is 82.0 Å². The average molecular weight is 464 g/mol. The first-order valence-corrected chi connectivity index (χ1v) is 10.7. The number of carbonyl (C=O) groups is 6. The van der Waals surface area contributed by atoms with E-state index >= 15 is 0 Å². The van der Waals surface area contributed by atoms with E-state index in [9.17, 15) is 28.8 Å². The Morgan fingerprint density at radius 3 is 1.77 bits per heavy atom. The summed E-state index contributed by atoms with van der Waals surface area (Å²) in [5.74, 6) is -5.67. The van der Waals surface area contributed by atoms with Crippen LogP contribution in [0.5, 0.6) is 0 Å². The van der Waals surface area contributed by atoms with Gasteiger partial charge in [-0.2, -0.15) is 11.8 Å². The van der Waals surface area contributed by atoms with Crippen molar-refractivity contribution in [1.82, 2.24) is 16.0 Å². The van der Waals surface area contributed by atoms with E-state index in [1.165, 1.54) is 18.7 Å². The number of hydrogen-bond donors (Lipinski definition) is 7. The van der Waals surface area contributed by atoms with Crippen LogP contribution in [0, 0.1) is 0 Å². The summed E-state index contributed by atoms with van der Waals surface area (Å²) in [6.45, 7) is 1.43. The number of rotatable bonds is 15. The zero-order chi connectivity index (χ0) is 24.1. The summed E-state index contributed by atoms with van der Waals surface area (Å²) in [6, 6.07) is -5.06. The van der Waals surface area contributed by atoms with E-state index in [1.54, 1.807) is 6.26 Å². The van der Waals surface area contributed by atoms with Crippen molar-refractivity contribution in [1.29, 1.82) is 0 Å². The summed E-state index contributed by atoms with van der Waals surface area (Å²) in [5, 5.41) is 24.7. The Morgan fingerprint density at radius 2 is 1.35 bits per heavy atom. The number of amides is 4. The van der Waals surface area contributed by atoms with Crippen LogP contribution in [0.1, 0.15) is 32.6 Å². The molecule has 0 heterocycles. The van der Waals surface area contributed by atoms with Gasteiger partial charge in [0.2, 0.25) is 23.6 Å². The van der Waals surface area contributed by atoms with Gasteiger partial charge < -0.3 is 37.6 Å². The molecule has 14 heteroatoms. The Hall–Kier alpha value is -2.87. The van der Waals surface area contributed by atoms with Gasteiger partial charge in [-0.1, -0.05) is 0 Å². The normalized spacial score (nSPS) is 14.4. The van der Waals surface area contributed by atoms with Crippen molar-refractivity contribution in [3.05, 3.63) is 0 Å². The first-order valence-electron chi connectivity index (χ1n) is 9.27. The molecule has 0 radical (unpaired) electrons. The van der Waals surface area contributed by atoms with E-state index < -0.39 is 66.2 Å². The summed E-state index contributed by atoms with van der Waals surface area (Å²) in [6.07, 6.45) is 0.546. The number of carbonyl (C=O) groups excluding carboxylic acids is 4. The molecule has 0 rings (SSSR count). The van der Waals surface area contributed by atoms with Gasteiger partial charge in [-0.05, 0) is 31.8 Å². The highest BCUT2D eigenvalue weighted by molar-refractivity contribution is 7.98. The van der Waals surface area contributed by atoms with Crippen LogP contribution in [-0.2, 0) is 28.8 Å². The highest BCUT2D eigenvalue weighted by Gasteiger charge is 2.30. The molecule has 0 saturated heterocycles. The van der Waals surface area contributed by atoms with Crippen LogP contribution in [0.25, 0.3) is 0 Å². The van der Waals surface area contributed by atoms with E-state index in [4.69, 9.17) is 21.7 Å². The smallest absolute Gasteiger partial charge is 0.326 e. The molecule has 0 aliphatic rings. The second-order valence-electron chi connectivity index (χ2n) is 6.69. The average Bonchev–Trinajstić information content (AvgIpc) is 2.66. The third-order valence-corrected chi connectivity index (χ3v) is 4.61. The summed E-state index contributed by atoms with van der Waals surface area (Å²) < 4.78 is 0. The molecule has 0 aliphatic heterocycles. The van der Waals surface area contributed by atoms with Crippen LogP contribution < -0.4 is 27.4 Å². The molecule has 176 valence electrons. The molecule has 0 bridgehead atoms. The van der Waals surface area contributed by atoms with Gasteiger partial charge in [0.1, 0.15) is 18.1 Å². The minimum Gasteiger partial charge on any atom is -0.481 e. The monoisotopic (exact) mass is 463 g/mol. The summed E-state index contributed by atoms with van der Waals surface area (Å²) in [5.41, 5.74) is 10.6. The molecule has 0 fully saturated rings. The maximum absolute atomic E-state index is 12.7. The van der Waals surface area contributed by atoms with Crippen LogP contribution in [0.15, 0.2) is 0 Å². The zero-order valence-corrected chi connectivity index (χ0v) is 18.1. The van der Waals surface area contributed by atoms with Crippen molar-refractivity contribution in [3.63, 3.8) is 0 Å². The maximum atomic E-state index is 12.7. The van der Waals surface area contributed by atoms with Crippen molar-refractivity contribution in [2.45, 2.75) is 56.8 Å². The van der Waals surface area contributed by atoms with Crippen molar-refractivity contribution in [3.8, 4) is 0 Å². The van der Waals surface area contributed by atoms with Crippen molar-refractivity contribution < 1.29 is 39.0 Å². The maximum Gasteiger partial charge on any atom is 0.326 e. The minimum absolute atomic E-state index is 0.215. The molecule has 0 aromatic rings. The van der Waals surface area contributed by atoms with Gasteiger partial charge in [-0.15, -0.1) is 0 Å². The highest BCUT2D eigenvalue weighted by atomic mass is 32.2. The fourth-order valence-corrected chi connectivity index (χ4v) is 2.75. The molecule has 4 unspecified atom stereocenters. The van der Waals surface area contributed by atoms with Crippen molar-refractivity contribution in [2.75, 3.05) is 12.0 Å². The molecule has 31 heavy (non-hydrogen) atoms. The van der Waals surface area contributed by atoms with Crippen LogP contribution in [0.4, 0.5) is 0 Å². The molecule has 0 aliphatic carbocycles. The lowest BCUT2D eigenvalue weighted by molar-refractivity contribution is -0.147. The summed E-state index contributed by atoms with van der Waals surface area (Å²) in [7, 11) is 0. The quantitative estimate of drug-likeness (QED) is 0.133. The van der Waals surface area contributed by atoms with Gasteiger partial charge in [0, 0.05) is 6.42 Å². The minimum atomic E-state index is -1.75. The number of hydrogen-bond acceptors (Lipinski definition) is 8. The van der Waals surface area contributed by atoms with Gasteiger partial charge in [0.15, 0.2) is 0 Å². The van der Waals surface area contributed by atoms with Gasteiger partial charge in [-0.3, -0.25) is 24.0 Å². The topological polar surface area (TPSA) is 231 Å². The van der Waals surface area contributed by atoms with Gasteiger partial charge in [0.25, 0.3) is 0 Å². The number of primary amides is 1. The lowest BCUT2D eigenvalue weighted by Gasteiger charge is -2.24. The molecule has 0 aromatic carbocycles. The van der Waals surface area contributed by atoms with Crippen molar-refractivity contribution in [2.24, 2.45) is 11.5 Å². The summed E-state index contributed by atoms with van der Waals surface area (Å²) >= 11 is 1.42. The lowest BCUT2D eigenvalue weighted by atomic mass is 10.1. The lowest BCUT2D eigenvalue weighted by Crippen LogP contribution is -2.57. The number of aliphatic carboxylic acids is 2. The highest BCUT2D eigenvalue weighted by Crippen LogP contribution is 2.05. The third-order valence-electron chi connectivity index (χ3n) is 3.96. The second-order valence-corrected chi connectivity index (χ2v) is 7.68. The molecule has 13 nitrogen and oxygen atoms in total. The van der Waals surface area contributed by atoms with E-state index in [-0.39, 0.29) is 19.3 Å². The Balaban J connectivity index is 5.47. The molecule has 9 N–H and O–H groups in total. The van der Waals surface area contributed by atoms with Gasteiger partial charge in [0.05, 0.1) is 12.5 Å². The Morgan fingerprint density at radius 1 is 0.871 bits per heavy atom.